The summed E-state index contributed by atoms with van der Waals surface area (Å²) in [6.07, 6.45) is -3.48. The van der Waals surface area contributed by atoms with Crippen molar-refractivity contribution in [2.24, 2.45) is 17.6 Å². The molecule has 3 saturated heterocycles. The molecule has 0 unspecified atom stereocenters. The van der Waals surface area contributed by atoms with Crippen molar-refractivity contribution in [1.82, 2.24) is 46.6 Å². The number of amides is 8. The Morgan fingerprint density at radius 1 is 0.741 bits per heavy atom. The quantitative estimate of drug-likeness (QED) is 0.0436. The first-order valence-electron chi connectivity index (χ1n) is 28.9. The number of aliphatic hydroxyl groups is 6. The Morgan fingerprint density at radius 3 is 2.01 bits per heavy atom. The number of nitrogens with zero attached hydrogens (tertiary/aromatic N) is 3. The zero-order chi connectivity index (χ0) is 60.1. The van der Waals surface area contributed by atoms with Gasteiger partial charge in [0.15, 0.2) is 0 Å². The molecule has 25 heteroatoms. The van der Waals surface area contributed by atoms with E-state index in [0.29, 0.717) is 43.3 Å². The van der Waals surface area contributed by atoms with Crippen LogP contribution >= 0.6 is 0 Å². The molecule has 0 radical (unpaired) electrons. The van der Waals surface area contributed by atoms with Gasteiger partial charge in [0, 0.05) is 45.3 Å². The summed E-state index contributed by atoms with van der Waals surface area (Å²) >= 11 is 0. The number of phenols is 1. The molecule has 25 nitrogen and oxygen atoms in total. The number of carbonyl (C=O) groups is 8. The number of hydrogen-bond donors (Lipinski definition) is 14. The molecule has 3 heterocycles. The molecule has 0 aromatic heterocycles. The molecule has 458 valence electrons. The highest BCUT2D eigenvalue weighted by Crippen LogP contribution is 2.25. The van der Waals surface area contributed by atoms with Crippen molar-refractivity contribution in [1.29, 1.82) is 0 Å². The summed E-state index contributed by atoms with van der Waals surface area (Å²) in [5, 5.41) is 94.3. The van der Waals surface area contributed by atoms with Crippen molar-refractivity contribution in [3.8, 4) is 5.75 Å². The fourth-order valence-corrected chi connectivity index (χ4v) is 10.8. The molecule has 1 aromatic carbocycles. The molecular weight excluding hydrogens is 1050 g/mol. The molecule has 0 saturated carbocycles. The largest absolute Gasteiger partial charge is 0.508 e. The minimum atomic E-state index is -2.13. The summed E-state index contributed by atoms with van der Waals surface area (Å²) in [6.45, 7) is 7.96. The molecule has 3 fully saturated rings. The lowest BCUT2D eigenvalue weighted by Crippen LogP contribution is -2.64. The van der Waals surface area contributed by atoms with E-state index in [2.05, 4.69) is 52.7 Å². The smallest absolute Gasteiger partial charge is 0.248 e. The molecular formula is C56H94N10O15. The summed E-state index contributed by atoms with van der Waals surface area (Å²) in [5.74, 6) is -7.27. The van der Waals surface area contributed by atoms with Gasteiger partial charge in [-0.3, -0.25) is 38.4 Å². The molecule has 3 aliphatic heterocycles. The van der Waals surface area contributed by atoms with Gasteiger partial charge in [0.2, 0.25) is 47.3 Å². The molecule has 8 amide bonds. The third-order valence-corrected chi connectivity index (χ3v) is 15.6. The molecule has 81 heavy (non-hydrogen) atoms. The number of rotatable bonds is 26. The van der Waals surface area contributed by atoms with Crippen molar-refractivity contribution in [3.63, 3.8) is 0 Å². The summed E-state index contributed by atoms with van der Waals surface area (Å²) in [5.41, 5.74) is 5.78. The third kappa shape index (κ3) is 21.6. The normalized spacial score (nSPS) is 27.4. The van der Waals surface area contributed by atoms with Gasteiger partial charge in [0.05, 0.1) is 49.1 Å². The van der Waals surface area contributed by atoms with Crippen LogP contribution in [0.3, 0.4) is 0 Å². The number of aromatic hydroxyl groups is 1. The van der Waals surface area contributed by atoms with E-state index in [1.54, 1.807) is 0 Å². The van der Waals surface area contributed by atoms with Crippen molar-refractivity contribution >= 4 is 47.3 Å². The topological polar surface area (TPSA) is 386 Å². The monoisotopic (exact) mass is 1150 g/mol. The van der Waals surface area contributed by atoms with Crippen molar-refractivity contribution in [2.45, 2.75) is 209 Å². The minimum absolute atomic E-state index is 0.0127. The van der Waals surface area contributed by atoms with Gasteiger partial charge in [-0.05, 0) is 89.3 Å². The number of nitrogens with one attached hydrogen (secondary N) is 6. The number of phenolic OH excluding ortho intramolecular Hbond substituents is 1. The van der Waals surface area contributed by atoms with Crippen molar-refractivity contribution in [2.75, 3.05) is 46.8 Å². The zero-order valence-corrected chi connectivity index (χ0v) is 48.1. The van der Waals surface area contributed by atoms with E-state index in [9.17, 15) is 74.1 Å². The highest BCUT2D eigenvalue weighted by atomic mass is 16.3. The third-order valence-electron chi connectivity index (χ3n) is 15.6. The van der Waals surface area contributed by atoms with Crippen LogP contribution in [0, 0.1) is 11.8 Å². The van der Waals surface area contributed by atoms with Gasteiger partial charge < -0.3 is 88.1 Å². The molecule has 0 bridgehead atoms. The van der Waals surface area contributed by atoms with Crippen LogP contribution in [0.25, 0.3) is 0 Å². The first-order chi connectivity index (χ1) is 38.3. The zero-order valence-electron chi connectivity index (χ0n) is 48.1. The van der Waals surface area contributed by atoms with Gasteiger partial charge in [-0.1, -0.05) is 77.8 Å². The molecule has 0 spiro atoms. The molecule has 3 aliphatic rings. The van der Waals surface area contributed by atoms with Crippen molar-refractivity contribution in [3.05, 3.63) is 29.8 Å². The highest BCUT2D eigenvalue weighted by molar-refractivity contribution is 5.98. The fraction of sp³-hybridized carbons (Fsp3) is 0.750. The van der Waals surface area contributed by atoms with Crippen LogP contribution in [0.1, 0.15) is 130 Å². The number of aliphatic hydroxyl groups excluding tert-OH is 6. The van der Waals surface area contributed by atoms with Gasteiger partial charge in [0.1, 0.15) is 42.0 Å². The first-order valence-corrected chi connectivity index (χ1v) is 28.9. The van der Waals surface area contributed by atoms with Crippen LogP contribution in [-0.4, -0.2) is 223 Å². The number of benzene rings is 1. The van der Waals surface area contributed by atoms with Crippen LogP contribution < -0.4 is 37.6 Å². The van der Waals surface area contributed by atoms with Crippen molar-refractivity contribution < 1.29 is 74.1 Å². The van der Waals surface area contributed by atoms with Crippen LogP contribution in [0.2, 0.25) is 0 Å². The maximum absolute atomic E-state index is 14.7. The molecule has 4 rings (SSSR count). The number of nitrogens with two attached hydrogens (primary N) is 1. The van der Waals surface area contributed by atoms with E-state index < -0.39 is 152 Å². The standard InChI is InChI=1S/C56H94N10O15/c1-7-32(2)25-33(3)15-12-10-8-9-11-13-16-46(75)59-38-28-42(71)39(30-58-22-14-23-64(5)6)60-54(79)50-41(70)21-24-65(50)56(81)49(44(73)29-45(57)74)63-53(78)48(43(72)26-35-17-19-36(68)20-18-35)62-52(77)40-27-37(69)31-66(40)55(80)47(34(4)67)61-51(38)76/h17-20,32-34,37-44,47-50,58,67-73H,7-16,21-31H2,1-6H3,(H2,57,74)(H,59,75)(H,60,79)(H,61,76)(H,62,77)(H,63,78)/t32-,33+,34+,37+,38-,39-,40-,41-,42+,43+,44+,47-,48-,49-,50-/m0/s1. The number of primary amides is 1. The lowest BCUT2D eigenvalue weighted by Gasteiger charge is -2.34. The van der Waals surface area contributed by atoms with E-state index in [1.165, 1.54) is 37.6 Å². The van der Waals surface area contributed by atoms with Gasteiger partial charge in [-0.15, -0.1) is 0 Å². The average molecular weight is 1150 g/mol. The maximum Gasteiger partial charge on any atom is 0.248 e. The summed E-state index contributed by atoms with van der Waals surface area (Å²) in [4.78, 5) is 117. The first kappa shape index (κ1) is 68.0. The molecule has 15 atom stereocenters. The molecule has 0 aliphatic carbocycles. The second-order valence-electron chi connectivity index (χ2n) is 23.0. The Bertz CT molecular complexity index is 2210. The SMILES string of the molecule is CC[C@H](C)C[C@H](C)CCCCCCCCC(=O)N[C@H]1C[C@@H](O)[C@H](CNCCCN(C)C)NC(=O)[C@@H]2[C@@H](O)CCN2C(=O)[C@H]([C@H](O)CC(N)=O)NC(=O)[C@H]([C@H](O)Cc2ccc(O)cc2)NC(=O)[C@@H]2C[C@@H](O)CN2C(=O)[C@H]([C@@H](C)O)NC1=O. The van der Waals surface area contributed by atoms with E-state index in [0.717, 1.165) is 54.7 Å². The lowest BCUT2D eigenvalue weighted by atomic mass is 9.91. The van der Waals surface area contributed by atoms with Crippen LogP contribution in [-0.2, 0) is 44.8 Å². The summed E-state index contributed by atoms with van der Waals surface area (Å²) in [7, 11) is 3.75. The Balaban J connectivity index is 1.75. The predicted octanol–water partition coefficient (Wildman–Crippen LogP) is -2.24. The second-order valence-corrected chi connectivity index (χ2v) is 23.0. The number of hydrogen-bond acceptors (Lipinski definition) is 17. The fourth-order valence-electron chi connectivity index (χ4n) is 10.8. The number of carbonyl (C=O) groups excluding carboxylic acids is 8. The van der Waals surface area contributed by atoms with E-state index in [4.69, 9.17) is 5.73 Å². The van der Waals surface area contributed by atoms with Gasteiger partial charge in [-0.2, -0.15) is 0 Å². The predicted molar refractivity (Wildman–Crippen MR) is 298 cm³/mol. The average Bonchev–Trinajstić information content (AvgIpc) is 4.00. The Labute approximate surface area is 475 Å². The van der Waals surface area contributed by atoms with E-state index in [1.807, 2.05) is 19.0 Å². The molecule has 15 N–H and O–H groups in total. The summed E-state index contributed by atoms with van der Waals surface area (Å²) in [6, 6.07) is -6.91. The van der Waals surface area contributed by atoms with E-state index in [-0.39, 0.29) is 38.1 Å². The second kappa shape index (κ2) is 33.5. The minimum Gasteiger partial charge on any atom is -0.508 e. The maximum atomic E-state index is 14.7. The van der Waals surface area contributed by atoms with Crippen LogP contribution in [0.15, 0.2) is 24.3 Å². The summed E-state index contributed by atoms with van der Waals surface area (Å²) < 4.78 is 0. The molecule has 1 aromatic rings. The van der Waals surface area contributed by atoms with Crippen LogP contribution in [0.4, 0.5) is 0 Å². The number of fused-ring (bicyclic) bond motifs is 2. The van der Waals surface area contributed by atoms with Gasteiger partial charge >= 0.3 is 0 Å². The Hall–Kier alpha value is -5.54. The highest BCUT2D eigenvalue weighted by Gasteiger charge is 2.48. The van der Waals surface area contributed by atoms with E-state index >= 15 is 0 Å². The Kier molecular flexibility index (Phi) is 28.1. The number of unbranched alkanes of at least 4 members (excludes halogenated alkanes) is 5. The lowest BCUT2D eigenvalue weighted by molar-refractivity contribution is -0.148. The van der Waals surface area contributed by atoms with Gasteiger partial charge in [-0.25, -0.2) is 0 Å². The van der Waals surface area contributed by atoms with Crippen LogP contribution in [0.5, 0.6) is 5.75 Å². The Morgan fingerprint density at radius 2 is 1.37 bits per heavy atom. The van der Waals surface area contributed by atoms with Gasteiger partial charge in [0.25, 0.3) is 0 Å².